The summed E-state index contributed by atoms with van der Waals surface area (Å²) in [7, 11) is 0. The fraction of sp³-hybridized carbons (Fsp3) is 0.538. The third kappa shape index (κ3) is 1.98. The first-order chi connectivity index (χ1) is 7.65. The number of anilines is 1. The quantitative estimate of drug-likeness (QED) is 0.923. The molecule has 2 rings (SSSR count). The largest absolute Gasteiger partial charge is 0.368 e. The Balaban J connectivity index is 2.40. The van der Waals surface area contributed by atoms with Crippen LogP contribution in [0.15, 0.2) is 22.7 Å². The fourth-order valence-corrected chi connectivity index (χ4v) is 3.21. The van der Waals surface area contributed by atoms with Crippen molar-refractivity contribution in [2.75, 3.05) is 18.0 Å². The maximum Gasteiger partial charge on any atom is 0.0416 e. The van der Waals surface area contributed by atoms with E-state index < -0.39 is 0 Å². The van der Waals surface area contributed by atoms with Crippen molar-refractivity contribution in [1.82, 2.24) is 0 Å². The van der Waals surface area contributed by atoms with E-state index in [1.54, 1.807) is 0 Å². The summed E-state index contributed by atoms with van der Waals surface area (Å²) in [6.45, 7) is 6.36. The predicted octanol–water partition coefficient (Wildman–Crippen LogP) is 3.11. The van der Waals surface area contributed by atoms with Crippen molar-refractivity contribution in [3.63, 3.8) is 0 Å². The van der Waals surface area contributed by atoms with Crippen molar-refractivity contribution in [3.05, 3.63) is 28.2 Å². The van der Waals surface area contributed by atoms with Gasteiger partial charge in [-0.3, -0.25) is 0 Å². The predicted molar refractivity (Wildman–Crippen MR) is 73.0 cm³/mol. The Morgan fingerprint density at radius 2 is 2.25 bits per heavy atom. The molecule has 2 N–H and O–H groups in total. The zero-order valence-electron chi connectivity index (χ0n) is 9.91. The first kappa shape index (κ1) is 11.9. The van der Waals surface area contributed by atoms with Gasteiger partial charge >= 0.3 is 0 Å². The summed E-state index contributed by atoms with van der Waals surface area (Å²) in [6.07, 6.45) is 1.07. The van der Waals surface area contributed by atoms with Gasteiger partial charge in [0.05, 0.1) is 0 Å². The molecule has 0 aliphatic carbocycles. The van der Waals surface area contributed by atoms with Crippen LogP contribution in [0.3, 0.4) is 0 Å². The molecule has 0 bridgehead atoms. The van der Waals surface area contributed by atoms with Gasteiger partial charge in [-0.2, -0.15) is 0 Å². The second kappa shape index (κ2) is 4.76. The van der Waals surface area contributed by atoms with Gasteiger partial charge in [0.2, 0.25) is 0 Å². The first-order valence-electron chi connectivity index (χ1n) is 5.90. The van der Waals surface area contributed by atoms with Gasteiger partial charge in [0, 0.05) is 28.7 Å². The topological polar surface area (TPSA) is 29.3 Å². The van der Waals surface area contributed by atoms with Gasteiger partial charge in [0.15, 0.2) is 0 Å². The molecule has 1 heterocycles. The lowest BCUT2D eigenvalue weighted by molar-refractivity contribution is 0.612. The van der Waals surface area contributed by atoms with Crippen LogP contribution in [0.5, 0.6) is 0 Å². The Labute approximate surface area is 106 Å². The van der Waals surface area contributed by atoms with E-state index in [4.69, 9.17) is 5.73 Å². The Morgan fingerprint density at radius 3 is 2.88 bits per heavy atom. The molecule has 0 fully saturated rings. The minimum absolute atomic E-state index is 0.552. The molecule has 0 saturated heterocycles. The van der Waals surface area contributed by atoms with Gasteiger partial charge in [-0.1, -0.05) is 22.0 Å². The number of benzene rings is 1. The van der Waals surface area contributed by atoms with Crippen LogP contribution in [0.2, 0.25) is 0 Å². The summed E-state index contributed by atoms with van der Waals surface area (Å²) in [6, 6.07) is 7.02. The van der Waals surface area contributed by atoms with Gasteiger partial charge < -0.3 is 10.6 Å². The summed E-state index contributed by atoms with van der Waals surface area (Å²) < 4.78 is 1.23. The van der Waals surface area contributed by atoms with Crippen LogP contribution in [0, 0.1) is 0 Å². The highest BCUT2D eigenvalue weighted by Gasteiger charge is 2.30. The van der Waals surface area contributed by atoms with Crippen LogP contribution in [0.25, 0.3) is 0 Å². The Bertz CT molecular complexity index is 376. The van der Waals surface area contributed by atoms with Gasteiger partial charge in [-0.15, -0.1) is 0 Å². The van der Waals surface area contributed by atoms with E-state index in [1.165, 1.54) is 15.7 Å². The zero-order chi connectivity index (χ0) is 11.7. The molecule has 1 unspecified atom stereocenters. The Morgan fingerprint density at radius 1 is 1.50 bits per heavy atom. The highest BCUT2D eigenvalue weighted by atomic mass is 79.9. The molecule has 1 aliphatic heterocycles. The van der Waals surface area contributed by atoms with Crippen molar-refractivity contribution >= 4 is 21.6 Å². The lowest BCUT2D eigenvalue weighted by atomic mass is 9.98. The van der Waals surface area contributed by atoms with Crippen LogP contribution in [-0.2, 0) is 0 Å². The van der Waals surface area contributed by atoms with Crippen LogP contribution in [0.1, 0.15) is 31.7 Å². The molecular formula is C13H19BrN2. The molecule has 0 aromatic heterocycles. The summed E-state index contributed by atoms with van der Waals surface area (Å²) in [5.41, 5.74) is 8.53. The average Bonchev–Trinajstić information content (AvgIpc) is 2.59. The van der Waals surface area contributed by atoms with Crippen molar-refractivity contribution < 1.29 is 0 Å². The van der Waals surface area contributed by atoms with E-state index in [0.29, 0.717) is 12.0 Å². The molecule has 3 heteroatoms. The van der Waals surface area contributed by atoms with Crippen LogP contribution in [0.4, 0.5) is 5.69 Å². The second-order valence-corrected chi connectivity index (χ2v) is 5.55. The molecule has 0 spiro atoms. The second-order valence-electron chi connectivity index (χ2n) is 4.69. The van der Waals surface area contributed by atoms with Gasteiger partial charge in [0.1, 0.15) is 0 Å². The van der Waals surface area contributed by atoms with Crippen LogP contribution >= 0.6 is 15.9 Å². The van der Waals surface area contributed by atoms with Crippen LogP contribution in [-0.4, -0.2) is 19.1 Å². The molecule has 1 aromatic carbocycles. The third-order valence-electron chi connectivity index (χ3n) is 3.30. The first-order valence-corrected chi connectivity index (χ1v) is 6.69. The normalized spacial score (nSPS) is 19.3. The molecule has 88 valence electrons. The summed E-state index contributed by atoms with van der Waals surface area (Å²) in [4.78, 5) is 2.47. The maximum absolute atomic E-state index is 5.70. The van der Waals surface area contributed by atoms with Gasteiger partial charge in [0.25, 0.3) is 0 Å². The fourth-order valence-electron chi connectivity index (χ4n) is 2.53. The number of rotatable bonds is 3. The van der Waals surface area contributed by atoms with Crippen LogP contribution < -0.4 is 10.6 Å². The number of nitrogens with two attached hydrogens (primary N) is 1. The molecule has 0 amide bonds. The lowest BCUT2D eigenvalue weighted by Gasteiger charge is -2.24. The smallest absolute Gasteiger partial charge is 0.0416 e. The minimum Gasteiger partial charge on any atom is -0.368 e. The van der Waals surface area contributed by atoms with E-state index in [0.717, 1.165) is 19.5 Å². The summed E-state index contributed by atoms with van der Waals surface area (Å²) in [5.74, 6) is 0.581. The molecular weight excluding hydrogens is 264 g/mol. The molecule has 1 aromatic rings. The minimum atomic E-state index is 0.552. The number of hydrogen-bond acceptors (Lipinski definition) is 2. The zero-order valence-corrected chi connectivity index (χ0v) is 11.5. The highest BCUT2D eigenvalue weighted by molar-refractivity contribution is 9.10. The van der Waals surface area contributed by atoms with Crippen molar-refractivity contribution in [2.45, 2.75) is 32.2 Å². The monoisotopic (exact) mass is 282 g/mol. The van der Waals surface area contributed by atoms with E-state index in [1.807, 2.05) is 0 Å². The van der Waals surface area contributed by atoms with E-state index >= 15 is 0 Å². The third-order valence-corrected chi connectivity index (χ3v) is 3.99. The molecule has 1 atom stereocenters. The van der Waals surface area contributed by atoms with E-state index in [-0.39, 0.29) is 0 Å². The molecule has 2 nitrogen and oxygen atoms in total. The number of halogens is 1. The van der Waals surface area contributed by atoms with E-state index in [2.05, 4.69) is 52.9 Å². The molecule has 0 saturated carbocycles. The number of hydrogen-bond donors (Lipinski definition) is 1. The van der Waals surface area contributed by atoms with E-state index in [9.17, 15) is 0 Å². The molecule has 16 heavy (non-hydrogen) atoms. The molecule has 1 aliphatic rings. The van der Waals surface area contributed by atoms with Crippen molar-refractivity contribution in [2.24, 2.45) is 5.73 Å². The SMILES string of the molecule is CC(C)N1CC(CCN)c2c(Br)cccc21. The highest BCUT2D eigenvalue weighted by Crippen LogP contribution is 2.42. The Hall–Kier alpha value is -0.540. The van der Waals surface area contributed by atoms with Gasteiger partial charge in [-0.25, -0.2) is 0 Å². The molecule has 0 radical (unpaired) electrons. The van der Waals surface area contributed by atoms with Crippen molar-refractivity contribution in [1.29, 1.82) is 0 Å². The lowest BCUT2D eigenvalue weighted by Crippen LogP contribution is -2.29. The standard InChI is InChI=1S/C13H19BrN2/c1-9(2)16-8-10(6-7-15)13-11(14)4-3-5-12(13)16/h3-5,9-10H,6-8,15H2,1-2H3. The number of fused-ring (bicyclic) bond motifs is 1. The van der Waals surface area contributed by atoms with Gasteiger partial charge in [-0.05, 0) is 44.5 Å². The Kier molecular flexibility index (Phi) is 3.55. The summed E-state index contributed by atoms with van der Waals surface area (Å²) >= 11 is 3.67. The van der Waals surface area contributed by atoms with Crippen molar-refractivity contribution in [3.8, 4) is 0 Å². The summed E-state index contributed by atoms with van der Waals surface area (Å²) in [5, 5.41) is 0. The average molecular weight is 283 g/mol. The number of nitrogens with zero attached hydrogens (tertiary/aromatic N) is 1. The maximum atomic E-state index is 5.70.